The number of sulfonamides is 1. The van der Waals surface area contributed by atoms with Gasteiger partial charge in [-0.15, -0.1) is 0 Å². The van der Waals surface area contributed by atoms with Gasteiger partial charge in [0.25, 0.3) is 10.0 Å². The number of allylic oxidation sites excluding steroid dienone is 2. The number of carbonyl (C=O) groups is 3. The molecule has 0 saturated carbocycles. The lowest BCUT2D eigenvalue weighted by Crippen LogP contribution is -2.41. The molecule has 8 nitrogen and oxygen atoms in total. The second kappa shape index (κ2) is 7.47. The van der Waals surface area contributed by atoms with Gasteiger partial charge in [-0.2, -0.15) is 0 Å². The van der Waals surface area contributed by atoms with Gasteiger partial charge < -0.3 is 15.2 Å². The maximum Gasteiger partial charge on any atom is 0.264 e. The van der Waals surface area contributed by atoms with E-state index in [0.717, 1.165) is 6.92 Å². The summed E-state index contributed by atoms with van der Waals surface area (Å²) in [6.07, 6.45) is 3.96. The van der Waals surface area contributed by atoms with Crippen LogP contribution in [0.1, 0.15) is 19.8 Å². The van der Waals surface area contributed by atoms with Gasteiger partial charge >= 0.3 is 0 Å². The Kier molecular flexibility index (Phi) is 5.58. The number of carbonyl (C=O) groups excluding carboxylic acids is 3. The van der Waals surface area contributed by atoms with Crippen LogP contribution in [0.3, 0.4) is 0 Å². The molecule has 1 aliphatic carbocycles. The molecular formula is C16H17N2O6S-. The fourth-order valence-electron chi connectivity index (χ4n) is 2.56. The summed E-state index contributed by atoms with van der Waals surface area (Å²) in [7, 11) is -3.95. The van der Waals surface area contributed by atoms with E-state index >= 15 is 0 Å². The van der Waals surface area contributed by atoms with Crippen LogP contribution in [0.5, 0.6) is 0 Å². The number of hydrogen-bond donors (Lipinski definition) is 2. The molecule has 0 bridgehead atoms. The van der Waals surface area contributed by atoms with Crippen molar-refractivity contribution in [3.63, 3.8) is 0 Å². The van der Waals surface area contributed by atoms with Crippen LogP contribution < -0.4 is 15.1 Å². The fraction of sp³-hybridized carbons (Fsp3) is 0.312. The van der Waals surface area contributed by atoms with Gasteiger partial charge in [0.15, 0.2) is 0 Å². The highest BCUT2D eigenvalue weighted by molar-refractivity contribution is 7.90. The zero-order valence-corrected chi connectivity index (χ0v) is 14.2. The summed E-state index contributed by atoms with van der Waals surface area (Å²) in [4.78, 5) is 34.2. The summed E-state index contributed by atoms with van der Waals surface area (Å²) in [5.41, 5.74) is 0.318. The van der Waals surface area contributed by atoms with E-state index in [1.54, 1.807) is 12.2 Å². The van der Waals surface area contributed by atoms with Gasteiger partial charge in [0.1, 0.15) is 0 Å². The standard InChI is InChI=1S/C16H18N2O6S/c1-10(19)18-25(23,24)12-8-6-11(7-9-12)17-15(20)13-4-2-3-5-14(13)16(21)22/h2-3,6-9,13-14H,4-5H2,1H3,(H,17,20)(H,18,19)(H,21,22)/p-1/t13-,14+/m1/s1. The molecule has 25 heavy (non-hydrogen) atoms. The van der Waals surface area contributed by atoms with E-state index < -0.39 is 39.6 Å². The fourth-order valence-corrected chi connectivity index (χ4v) is 3.56. The van der Waals surface area contributed by atoms with Crippen molar-refractivity contribution >= 4 is 33.5 Å². The number of nitrogens with one attached hydrogen (secondary N) is 2. The van der Waals surface area contributed by atoms with Gasteiger partial charge in [-0.25, -0.2) is 13.1 Å². The molecule has 0 fully saturated rings. The van der Waals surface area contributed by atoms with Gasteiger partial charge in [0, 0.05) is 24.5 Å². The molecule has 0 aliphatic heterocycles. The summed E-state index contributed by atoms with van der Waals surface area (Å²) in [5.74, 6) is -4.12. The number of rotatable bonds is 5. The van der Waals surface area contributed by atoms with Gasteiger partial charge in [-0.05, 0) is 37.1 Å². The van der Waals surface area contributed by atoms with Gasteiger partial charge in [-0.1, -0.05) is 12.2 Å². The molecule has 2 rings (SSSR count). The molecule has 0 radical (unpaired) electrons. The average molecular weight is 365 g/mol. The number of carboxylic acid groups (broad SMARTS) is 1. The maximum atomic E-state index is 12.3. The number of carboxylic acids is 1. The molecule has 0 aromatic heterocycles. The monoisotopic (exact) mass is 365 g/mol. The van der Waals surface area contributed by atoms with Crippen molar-refractivity contribution in [1.82, 2.24) is 4.72 Å². The molecule has 2 N–H and O–H groups in total. The van der Waals surface area contributed by atoms with E-state index in [0.29, 0.717) is 12.1 Å². The number of benzene rings is 1. The Bertz CT molecular complexity index is 814. The molecule has 134 valence electrons. The Hall–Kier alpha value is -2.68. The molecule has 0 unspecified atom stereocenters. The van der Waals surface area contributed by atoms with Crippen LogP contribution >= 0.6 is 0 Å². The minimum atomic E-state index is -3.95. The predicted molar refractivity (Wildman–Crippen MR) is 86.4 cm³/mol. The minimum Gasteiger partial charge on any atom is -0.550 e. The molecule has 0 saturated heterocycles. The SMILES string of the molecule is CC(=O)NS(=O)(=O)c1ccc(NC(=O)[C@@H]2CC=CC[C@@H]2C(=O)[O-])cc1. The molecule has 1 aromatic rings. The van der Waals surface area contributed by atoms with E-state index in [1.165, 1.54) is 24.3 Å². The van der Waals surface area contributed by atoms with Crippen LogP contribution in [0.25, 0.3) is 0 Å². The summed E-state index contributed by atoms with van der Waals surface area (Å²) < 4.78 is 25.5. The van der Waals surface area contributed by atoms with Crippen molar-refractivity contribution in [2.45, 2.75) is 24.7 Å². The quantitative estimate of drug-likeness (QED) is 0.693. The van der Waals surface area contributed by atoms with Crippen LogP contribution in [-0.4, -0.2) is 26.2 Å². The van der Waals surface area contributed by atoms with Gasteiger partial charge in [-0.3, -0.25) is 9.59 Å². The number of hydrogen-bond acceptors (Lipinski definition) is 6. The third-order valence-electron chi connectivity index (χ3n) is 3.78. The Morgan fingerprint density at radius 3 is 2.12 bits per heavy atom. The second-order valence-corrected chi connectivity index (χ2v) is 7.33. The van der Waals surface area contributed by atoms with Crippen molar-refractivity contribution in [1.29, 1.82) is 0 Å². The van der Waals surface area contributed by atoms with E-state index in [9.17, 15) is 27.9 Å². The van der Waals surface area contributed by atoms with Crippen molar-refractivity contribution in [2.75, 3.05) is 5.32 Å². The normalized spacial score (nSPS) is 19.9. The Morgan fingerprint density at radius 1 is 1.04 bits per heavy atom. The Labute approximate surface area is 145 Å². The van der Waals surface area contributed by atoms with Crippen molar-refractivity contribution in [2.24, 2.45) is 11.8 Å². The predicted octanol–water partition coefficient (Wildman–Crippen LogP) is -0.218. The highest BCUT2D eigenvalue weighted by Gasteiger charge is 2.29. The zero-order valence-electron chi connectivity index (χ0n) is 13.4. The van der Waals surface area contributed by atoms with Crippen molar-refractivity contribution < 1.29 is 27.9 Å². The summed E-state index contributed by atoms with van der Waals surface area (Å²) in [6.45, 7) is 1.08. The van der Waals surface area contributed by atoms with E-state index in [2.05, 4.69) is 5.32 Å². The minimum absolute atomic E-state index is 0.131. The van der Waals surface area contributed by atoms with Crippen molar-refractivity contribution in [3.05, 3.63) is 36.4 Å². The first kappa shape index (κ1) is 18.7. The largest absolute Gasteiger partial charge is 0.550 e. The topological polar surface area (TPSA) is 132 Å². The molecule has 2 atom stereocenters. The summed E-state index contributed by atoms with van der Waals surface area (Å²) in [6, 6.07) is 5.19. The van der Waals surface area contributed by atoms with Gasteiger partial charge in [0.05, 0.1) is 10.8 Å². The molecule has 9 heteroatoms. The Balaban J connectivity index is 2.10. The number of amides is 2. The highest BCUT2D eigenvalue weighted by atomic mass is 32.2. The first-order valence-electron chi connectivity index (χ1n) is 7.51. The zero-order chi connectivity index (χ0) is 18.6. The summed E-state index contributed by atoms with van der Waals surface area (Å²) >= 11 is 0. The number of anilines is 1. The lowest BCUT2D eigenvalue weighted by Gasteiger charge is -2.28. The van der Waals surface area contributed by atoms with Crippen LogP contribution in [0.2, 0.25) is 0 Å². The Morgan fingerprint density at radius 2 is 1.60 bits per heavy atom. The van der Waals surface area contributed by atoms with Crippen LogP contribution in [-0.2, 0) is 24.4 Å². The van der Waals surface area contributed by atoms with Crippen molar-refractivity contribution in [3.8, 4) is 0 Å². The molecule has 0 spiro atoms. The molecule has 1 aromatic carbocycles. The smallest absolute Gasteiger partial charge is 0.264 e. The van der Waals surface area contributed by atoms with Crippen LogP contribution in [0.15, 0.2) is 41.3 Å². The first-order chi connectivity index (χ1) is 11.7. The average Bonchev–Trinajstić information content (AvgIpc) is 2.54. The molecular weight excluding hydrogens is 348 g/mol. The lowest BCUT2D eigenvalue weighted by atomic mass is 9.82. The van der Waals surface area contributed by atoms with Gasteiger partial charge in [0.2, 0.25) is 11.8 Å². The third-order valence-corrected chi connectivity index (χ3v) is 5.23. The molecule has 0 heterocycles. The summed E-state index contributed by atoms with van der Waals surface area (Å²) in [5, 5.41) is 13.7. The van der Waals surface area contributed by atoms with E-state index in [4.69, 9.17) is 0 Å². The molecule has 2 amide bonds. The lowest BCUT2D eigenvalue weighted by molar-refractivity contribution is -0.313. The first-order valence-corrected chi connectivity index (χ1v) is 8.99. The number of aliphatic carboxylic acids is 1. The van der Waals surface area contributed by atoms with Crippen LogP contribution in [0.4, 0.5) is 5.69 Å². The van der Waals surface area contributed by atoms with E-state index in [-0.39, 0.29) is 11.3 Å². The maximum absolute atomic E-state index is 12.3. The second-order valence-electron chi connectivity index (χ2n) is 5.65. The van der Waals surface area contributed by atoms with E-state index in [1.807, 2.05) is 4.72 Å². The molecule has 1 aliphatic rings. The van der Waals surface area contributed by atoms with Crippen LogP contribution in [0, 0.1) is 11.8 Å². The third kappa shape index (κ3) is 4.66. The highest BCUT2D eigenvalue weighted by Crippen LogP contribution is 2.26.